The fourth-order valence-electron chi connectivity index (χ4n) is 3.18. The Bertz CT molecular complexity index is 993. The molecule has 1 atom stereocenters. The van der Waals surface area contributed by atoms with E-state index in [9.17, 15) is 5.11 Å². The standard InChI is InChI=1S/C19H20N4O3/c1-22(2)7-8-23-11-21-19-17(18(23)20)16(14-4-3-9-25-14)13-6-5-12(24)10-15(13)26-19/h3-6,9-11,16,20,24H,7-8H2,1-2H3. The van der Waals surface area contributed by atoms with Gasteiger partial charge in [0.1, 0.15) is 29.1 Å². The molecule has 4 rings (SSSR count). The summed E-state index contributed by atoms with van der Waals surface area (Å²) in [6, 6.07) is 8.69. The Hall–Kier alpha value is -3.06. The minimum Gasteiger partial charge on any atom is -0.508 e. The highest BCUT2D eigenvalue weighted by atomic mass is 16.5. The fourth-order valence-corrected chi connectivity index (χ4v) is 3.18. The first-order valence-electron chi connectivity index (χ1n) is 8.37. The molecule has 7 heteroatoms. The van der Waals surface area contributed by atoms with Crippen molar-refractivity contribution in [2.45, 2.75) is 12.5 Å². The Labute approximate surface area is 150 Å². The molecule has 2 aromatic heterocycles. The lowest BCUT2D eigenvalue weighted by Crippen LogP contribution is -2.32. The Morgan fingerprint density at radius 3 is 2.88 bits per heavy atom. The van der Waals surface area contributed by atoms with Gasteiger partial charge in [-0.3, -0.25) is 5.41 Å². The summed E-state index contributed by atoms with van der Waals surface area (Å²) >= 11 is 0. The zero-order chi connectivity index (χ0) is 18.3. The molecule has 134 valence electrons. The van der Waals surface area contributed by atoms with E-state index >= 15 is 0 Å². The molecule has 0 radical (unpaired) electrons. The molecule has 1 aliphatic heterocycles. The average molecular weight is 352 g/mol. The maximum Gasteiger partial charge on any atom is 0.228 e. The number of aromatic hydroxyl groups is 1. The molecule has 0 bridgehead atoms. The van der Waals surface area contributed by atoms with Crippen LogP contribution < -0.4 is 10.2 Å². The van der Waals surface area contributed by atoms with E-state index in [-0.39, 0.29) is 11.7 Å². The third kappa shape index (κ3) is 2.76. The Morgan fingerprint density at radius 1 is 1.31 bits per heavy atom. The normalized spacial score (nSPS) is 15.4. The second kappa shape index (κ2) is 6.34. The van der Waals surface area contributed by atoms with Crippen molar-refractivity contribution in [2.24, 2.45) is 0 Å². The number of nitrogens with zero attached hydrogens (tertiary/aromatic N) is 3. The van der Waals surface area contributed by atoms with Crippen LogP contribution >= 0.6 is 0 Å². The molecule has 0 amide bonds. The summed E-state index contributed by atoms with van der Waals surface area (Å²) in [5, 5.41) is 18.5. The second-order valence-electron chi connectivity index (χ2n) is 6.58. The van der Waals surface area contributed by atoms with E-state index in [4.69, 9.17) is 14.6 Å². The number of furan rings is 1. The summed E-state index contributed by atoms with van der Waals surface area (Å²) in [6.45, 7) is 1.45. The molecule has 0 spiro atoms. The van der Waals surface area contributed by atoms with Gasteiger partial charge in [-0.2, -0.15) is 0 Å². The van der Waals surface area contributed by atoms with Crippen LogP contribution in [0.15, 0.2) is 47.3 Å². The molecule has 0 saturated heterocycles. The van der Waals surface area contributed by atoms with E-state index in [2.05, 4.69) is 9.88 Å². The number of nitrogens with one attached hydrogen (secondary N) is 1. The van der Waals surface area contributed by atoms with Crippen molar-refractivity contribution in [1.29, 1.82) is 5.41 Å². The summed E-state index contributed by atoms with van der Waals surface area (Å²) in [4.78, 5) is 6.49. The quantitative estimate of drug-likeness (QED) is 0.589. The van der Waals surface area contributed by atoms with Gasteiger partial charge in [0, 0.05) is 24.7 Å². The number of phenolic OH excluding ortho intramolecular Hbond substituents is 1. The first-order valence-corrected chi connectivity index (χ1v) is 8.37. The number of rotatable bonds is 4. The van der Waals surface area contributed by atoms with Crippen LogP contribution in [0.5, 0.6) is 17.4 Å². The minimum absolute atomic E-state index is 0.119. The SMILES string of the molecule is CN(C)CCn1cnc2c(c1=N)C(c1ccco1)c1ccc(O)cc1O2. The molecule has 7 nitrogen and oxygen atoms in total. The number of benzene rings is 1. The van der Waals surface area contributed by atoms with Gasteiger partial charge in [-0.05, 0) is 32.3 Å². The van der Waals surface area contributed by atoms with Gasteiger partial charge >= 0.3 is 0 Å². The predicted octanol–water partition coefficient (Wildman–Crippen LogP) is 2.51. The van der Waals surface area contributed by atoms with Crippen molar-refractivity contribution in [3.8, 4) is 17.4 Å². The van der Waals surface area contributed by atoms with E-state index < -0.39 is 0 Å². The lowest BCUT2D eigenvalue weighted by molar-refractivity contribution is 0.368. The predicted molar refractivity (Wildman–Crippen MR) is 94.5 cm³/mol. The van der Waals surface area contributed by atoms with Crippen LogP contribution in [0.4, 0.5) is 0 Å². The largest absolute Gasteiger partial charge is 0.508 e. The zero-order valence-corrected chi connectivity index (χ0v) is 14.6. The van der Waals surface area contributed by atoms with E-state index in [1.807, 2.05) is 30.8 Å². The van der Waals surface area contributed by atoms with Gasteiger partial charge in [0.2, 0.25) is 5.88 Å². The third-order valence-electron chi connectivity index (χ3n) is 4.51. The molecule has 1 aromatic carbocycles. The van der Waals surface area contributed by atoms with E-state index in [0.29, 0.717) is 35.0 Å². The van der Waals surface area contributed by atoms with Gasteiger partial charge < -0.3 is 23.7 Å². The molecule has 3 heterocycles. The number of likely N-dealkylation sites (N-methyl/N-ethyl adjacent to an activating group) is 1. The van der Waals surface area contributed by atoms with Crippen molar-refractivity contribution in [3.05, 3.63) is 65.3 Å². The smallest absolute Gasteiger partial charge is 0.228 e. The third-order valence-corrected chi connectivity index (χ3v) is 4.51. The van der Waals surface area contributed by atoms with Crippen LogP contribution in [0.2, 0.25) is 0 Å². The maximum atomic E-state index is 9.80. The van der Waals surface area contributed by atoms with Crippen LogP contribution in [0.1, 0.15) is 22.8 Å². The number of aromatic nitrogens is 2. The van der Waals surface area contributed by atoms with Gasteiger partial charge in [-0.15, -0.1) is 0 Å². The zero-order valence-electron chi connectivity index (χ0n) is 14.6. The monoisotopic (exact) mass is 352 g/mol. The second-order valence-corrected chi connectivity index (χ2v) is 6.58. The summed E-state index contributed by atoms with van der Waals surface area (Å²) in [7, 11) is 3.99. The number of fused-ring (bicyclic) bond motifs is 2. The maximum absolute atomic E-state index is 9.80. The Kier molecular flexibility index (Phi) is 4.00. The summed E-state index contributed by atoms with van der Waals surface area (Å²) < 4.78 is 13.4. The van der Waals surface area contributed by atoms with Crippen LogP contribution in [0.25, 0.3) is 0 Å². The molecule has 2 N–H and O–H groups in total. The topological polar surface area (TPSA) is 87.5 Å². The molecule has 0 aliphatic carbocycles. The molecule has 3 aromatic rings. The highest BCUT2D eigenvalue weighted by Crippen LogP contribution is 2.45. The molecule has 0 saturated carbocycles. The summed E-state index contributed by atoms with van der Waals surface area (Å²) in [5.41, 5.74) is 1.85. The molecule has 26 heavy (non-hydrogen) atoms. The average Bonchev–Trinajstić information content (AvgIpc) is 3.13. The minimum atomic E-state index is -0.309. The van der Waals surface area contributed by atoms with Gasteiger partial charge in [0.25, 0.3) is 0 Å². The highest BCUT2D eigenvalue weighted by molar-refractivity contribution is 5.55. The van der Waals surface area contributed by atoms with Crippen LogP contribution in [-0.4, -0.2) is 40.2 Å². The van der Waals surface area contributed by atoms with Crippen LogP contribution in [0, 0.1) is 5.41 Å². The van der Waals surface area contributed by atoms with Crippen molar-refractivity contribution < 1.29 is 14.3 Å². The van der Waals surface area contributed by atoms with Crippen molar-refractivity contribution >= 4 is 0 Å². The van der Waals surface area contributed by atoms with Gasteiger partial charge in [-0.25, -0.2) is 4.98 Å². The van der Waals surface area contributed by atoms with E-state index in [1.165, 1.54) is 0 Å². The molecular weight excluding hydrogens is 332 g/mol. The first-order chi connectivity index (χ1) is 12.5. The van der Waals surface area contributed by atoms with Gasteiger partial charge in [0.15, 0.2) is 0 Å². The Balaban J connectivity index is 1.88. The highest BCUT2D eigenvalue weighted by Gasteiger charge is 2.33. The van der Waals surface area contributed by atoms with Crippen LogP contribution in [-0.2, 0) is 6.54 Å². The van der Waals surface area contributed by atoms with Crippen molar-refractivity contribution in [3.63, 3.8) is 0 Å². The summed E-state index contributed by atoms with van der Waals surface area (Å²) in [5.74, 6) is 1.42. The van der Waals surface area contributed by atoms with Gasteiger partial charge in [0.05, 0.1) is 17.7 Å². The number of hydrogen-bond donors (Lipinski definition) is 2. The Morgan fingerprint density at radius 2 is 2.15 bits per heavy atom. The van der Waals surface area contributed by atoms with Crippen molar-refractivity contribution in [2.75, 3.05) is 20.6 Å². The molecule has 0 fully saturated rings. The van der Waals surface area contributed by atoms with E-state index in [0.717, 1.165) is 12.1 Å². The molecule has 1 aliphatic rings. The fraction of sp³-hybridized carbons (Fsp3) is 0.263. The number of ether oxygens (including phenoxy) is 1. The molecule has 1 unspecified atom stereocenters. The van der Waals surface area contributed by atoms with E-state index in [1.54, 1.807) is 30.8 Å². The lowest BCUT2D eigenvalue weighted by atomic mass is 9.87. The lowest BCUT2D eigenvalue weighted by Gasteiger charge is -2.27. The number of hydrogen-bond acceptors (Lipinski definition) is 6. The van der Waals surface area contributed by atoms with Crippen LogP contribution in [0.3, 0.4) is 0 Å². The summed E-state index contributed by atoms with van der Waals surface area (Å²) in [6.07, 6.45) is 3.24. The first kappa shape index (κ1) is 16.4. The van der Waals surface area contributed by atoms with Gasteiger partial charge in [-0.1, -0.05) is 6.07 Å². The van der Waals surface area contributed by atoms with Crippen molar-refractivity contribution in [1.82, 2.24) is 14.5 Å². The molecular formula is C19H20N4O3. The number of phenols is 1.